The molecule has 1 heterocycles. The number of rotatable bonds is 6. The highest BCUT2D eigenvalue weighted by atomic mass is 35.5. The molecule has 0 N–H and O–H groups in total. The molecule has 0 unspecified atom stereocenters. The first-order chi connectivity index (χ1) is 24.4. The highest BCUT2D eigenvalue weighted by Crippen LogP contribution is 2.38. The van der Waals surface area contributed by atoms with Gasteiger partial charge in [-0.3, -0.25) is 0 Å². The van der Waals surface area contributed by atoms with Crippen molar-refractivity contribution in [3.63, 3.8) is 0 Å². The van der Waals surface area contributed by atoms with Crippen molar-refractivity contribution in [2.75, 3.05) is 0 Å². The predicted molar refractivity (Wildman–Crippen MR) is 215 cm³/mol. The molecule has 0 spiro atoms. The molecule has 0 radical (unpaired) electrons. The maximum atomic E-state index is 6.96. The quantitative estimate of drug-likeness (QED) is 0.175. The minimum absolute atomic E-state index is 0.0201. The van der Waals surface area contributed by atoms with Gasteiger partial charge in [0.1, 0.15) is 0 Å². The molecule has 0 aliphatic carbocycles. The molecule has 3 nitrogen and oxygen atoms in total. The largest absolute Gasteiger partial charge is 0.208 e. The van der Waals surface area contributed by atoms with E-state index in [-0.39, 0.29) is 10.8 Å². The van der Waals surface area contributed by atoms with Crippen molar-refractivity contribution in [2.24, 2.45) is 0 Å². The second-order valence-corrected chi connectivity index (χ2v) is 15.6. The molecule has 0 bridgehead atoms. The summed E-state index contributed by atoms with van der Waals surface area (Å²) in [6.45, 7) is 13.6. The van der Waals surface area contributed by atoms with Gasteiger partial charge in [-0.2, -0.15) is 0 Å². The summed E-state index contributed by atoms with van der Waals surface area (Å²) in [6, 6.07) is 50.4. The van der Waals surface area contributed by atoms with Gasteiger partial charge in [0, 0.05) is 21.7 Å². The molecule has 0 amide bonds. The molecule has 0 atom stereocenters. The molecule has 0 aliphatic rings. The molecule has 6 aromatic carbocycles. The van der Waals surface area contributed by atoms with Gasteiger partial charge < -0.3 is 0 Å². The van der Waals surface area contributed by atoms with E-state index in [9.17, 15) is 0 Å². The number of aromatic nitrogens is 3. The Morgan fingerprint density at radius 1 is 0.353 bits per heavy atom. The highest BCUT2D eigenvalue weighted by Gasteiger charge is 2.22. The van der Waals surface area contributed by atoms with Crippen LogP contribution in [0, 0.1) is 0 Å². The zero-order chi connectivity index (χ0) is 35.8. The van der Waals surface area contributed by atoms with Gasteiger partial charge in [0.15, 0.2) is 17.5 Å². The van der Waals surface area contributed by atoms with Crippen LogP contribution in [0.15, 0.2) is 146 Å². The number of nitrogens with zero attached hydrogens (tertiary/aromatic N) is 3. The smallest absolute Gasteiger partial charge is 0.164 e. The number of hydrogen-bond acceptors (Lipinski definition) is 3. The van der Waals surface area contributed by atoms with Gasteiger partial charge in [-0.15, -0.1) is 0 Å². The lowest BCUT2D eigenvalue weighted by atomic mass is 9.79. The normalized spacial score (nSPS) is 11.8. The first-order valence-electron chi connectivity index (χ1n) is 17.5. The van der Waals surface area contributed by atoms with Crippen LogP contribution < -0.4 is 0 Å². The van der Waals surface area contributed by atoms with E-state index in [1.807, 2.05) is 36.4 Å². The minimum atomic E-state index is -0.0201. The lowest BCUT2D eigenvalue weighted by Gasteiger charge is -2.26. The number of benzene rings is 6. The van der Waals surface area contributed by atoms with Crippen molar-refractivity contribution in [1.29, 1.82) is 0 Å². The molecule has 51 heavy (non-hydrogen) atoms. The van der Waals surface area contributed by atoms with Crippen LogP contribution in [0.25, 0.3) is 67.5 Å². The fourth-order valence-electron chi connectivity index (χ4n) is 6.39. The van der Waals surface area contributed by atoms with Crippen LogP contribution in [0.3, 0.4) is 0 Å². The van der Waals surface area contributed by atoms with Gasteiger partial charge in [0.25, 0.3) is 0 Å². The molecule has 0 saturated carbocycles. The summed E-state index contributed by atoms with van der Waals surface area (Å²) in [6.07, 6.45) is 0. The van der Waals surface area contributed by atoms with Crippen LogP contribution in [0.5, 0.6) is 0 Å². The number of hydrogen-bond donors (Lipinski definition) is 0. The Labute approximate surface area is 307 Å². The predicted octanol–water partition coefficient (Wildman–Crippen LogP) is 13.1. The molecule has 7 aromatic rings. The van der Waals surface area contributed by atoms with Crippen molar-refractivity contribution >= 4 is 11.6 Å². The van der Waals surface area contributed by atoms with E-state index in [2.05, 4.69) is 151 Å². The van der Waals surface area contributed by atoms with Crippen LogP contribution >= 0.6 is 11.6 Å². The molecular weight excluding hydrogens is 642 g/mol. The van der Waals surface area contributed by atoms with E-state index in [0.29, 0.717) is 22.5 Å². The zero-order valence-electron chi connectivity index (χ0n) is 30.1. The third-order valence-electron chi connectivity index (χ3n) is 9.30. The van der Waals surface area contributed by atoms with Crippen molar-refractivity contribution in [1.82, 2.24) is 15.0 Å². The Bertz CT molecular complexity index is 2200. The van der Waals surface area contributed by atoms with E-state index >= 15 is 0 Å². The van der Waals surface area contributed by atoms with Crippen molar-refractivity contribution in [3.8, 4) is 67.5 Å². The second-order valence-electron chi connectivity index (χ2n) is 15.2. The topological polar surface area (TPSA) is 38.7 Å². The first-order valence-corrected chi connectivity index (χ1v) is 17.8. The van der Waals surface area contributed by atoms with Crippen LogP contribution in [0.2, 0.25) is 5.02 Å². The maximum absolute atomic E-state index is 6.96. The van der Waals surface area contributed by atoms with Crippen LogP contribution in [0.1, 0.15) is 52.7 Å². The Kier molecular flexibility index (Phi) is 9.18. The zero-order valence-corrected chi connectivity index (χ0v) is 30.8. The van der Waals surface area contributed by atoms with Crippen molar-refractivity contribution < 1.29 is 0 Å². The molecular formula is C47H42ClN3. The average Bonchev–Trinajstić information content (AvgIpc) is 3.14. The highest BCUT2D eigenvalue weighted by molar-refractivity contribution is 6.31. The average molecular weight is 684 g/mol. The summed E-state index contributed by atoms with van der Waals surface area (Å²) in [7, 11) is 0. The summed E-state index contributed by atoms with van der Waals surface area (Å²) < 4.78 is 0. The van der Waals surface area contributed by atoms with E-state index in [1.54, 1.807) is 0 Å². The maximum Gasteiger partial charge on any atom is 0.164 e. The summed E-state index contributed by atoms with van der Waals surface area (Å²) in [5.74, 6) is 1.76. The van der Waals surface area contributed by atoms with Crippen molar-refractivity contribution in [2.45, 2.75) is 52.4 Å². The summed E-state index contributed by atoms with van der Waals surface area (Å²) >= 11 is 6.96. The standard InChI is InChI=1S/C47H42ClN3/c1-46(2,3)36-26-34(27-37(30-36)47(4,5)6)33-25-35(29-38(48)28-33)43-49-44(41-23-15-13-21-39(41)31-17-9-7-10-18-31)51-45(50-43)42-24-16-14-22-40(42)32-19-11-8-12-20-32/h7-30H,1-6H3. The molecule has 0 saturated heterocycles. The molecule has 7 rings (SSSR count). The van der Waals surface area contributed by atoms with Gasteiger partial charge in [-0.25, -0.2) is 15.0 Å². The van der Waals surface area contributed by atoms with Crippen LogP contribution in [0.4, 0.5) is 0 Å². The van der Waals surface area contributed by atoms with Crippen LogP contribution in [-0.4, -0.2) is 15.0 Å². The number of halogens is 1. The van der Waals surface area contributed by atoms with E-state index < -0.39 is 0 Å². The third kappa shape index (κ3) is 7.41. The summed E-state index contributed by atoms with van der Waals surface area (Å²) in [5.41, 5.74) is 11.7. The van der Waals surface area contributed by atoms with Crippen molar-refractivity contribution in [3.05, 3.63) is 162 Å². The molecule has 0 aliphatic heterocycles. The van der Waals surface area contributed by atoms with Gasteiger partial charge in [-0.05, 0) is 73.5 Å². The van der Waals surface area contributed by atoms with E-state index in [0.717, 1.165) is 50.1 Å². The fourth-order valence-corrected chi connectivity index (χ4v) is 6.62. The Morgan fingerprint density at radius 3 is 1.18 bits per heavy atom. The van der Waals surface area contributed by atoms with E-state index in [4.69, 9.17) is 26.6 Å². The molecule has 4 heteroatoms. The Morgan fingerprint density at radius 2 is 0.725 bits per heavy atom. The SMILES string of the molecule is CC(C)(C)c1cc(-c2cc(Cl)cc(-c3nc(-c4ccccc4-c4ccccc4)nc(-c4ccccc4-c4ccccc4)n3)c2)cc(C(C)(C)C)c1. The lowest BCUT2D eigenvalue weighted by Crippen LogP contribution is -2.16. The first kappa shape index (κ1) is 34.1. The monoisotopic (exact) mass is 683 g/mol. The minimum Gasteiger partial charge on any atom is -0.208 e. The molecule has 0 fully saturated rings. The van der Waals surface area contributed by atoms with Gasteiger partial charge in [0.05, 0.1) is 0 Å². The third-order valence-corrected chi connectivity index (χ3v) is 9.51. The molecule has 1 aromatic heterocycles. The van der Waals surface area contributed by atoms with Gasteiger partial charge in [0.2, 0.25) is 0 Å². The molecule has 252 valence electrons. The van der Waals surface area contributed by atoms with Gasteiger partial charge >= 0.3 is 0 Å². The Hall–Kier alpha value is -5.38. The second kappa shape index (κ2) is 13.7. The van der Waals surface area contributed by atoms with Crippen LogP contribution in [-0.2, 0) is 10.8 Å². The Balaban J connectivity index is 1.47. The summed E-state index contributed by atoms with van der Waals surface area (Å²) in [4.78, 5) is 15.6. The summed E-state index contributed by atoms with van der Waals surface area (Å²) in [5, 5.41) is 0.624. The van der Waals surface area contributed by atoms with E-state index in [1.165, 1.54) is 11.1 Å². The fraction of sp³-hybridized carbons (Fsp3) is 0.170. The lowest BCUT2D eigenvalue weighted by molar-refractivity contribution is 0.569. The van der Waals surface area contributed by atoms with Gasteiger partial charge in [-0.1, -0.05) is 181 Å².